The molecule has 1 saturated heterocycles. The lowest BCUT2D eigenvalue weighted by Crippen LogP contribution is -2.52. The summed E-state index contributed by atoms with van der Waals surface area (Å²) in [5.41, 5.74) is 1.33. The van der Waals surface area contributed by atoms with Gasteiger partial charge >= 0.3 is 0 Å². The van der Waals surface area contributed by atoms with Crippen molar-refractivity contribution in [1.29, 1.82) is 0 Å². The summed E-state index contributed by atoms with van der Waals surface area (Å²) in [6.07, 6.45) is 4.57. The van der Waals surface area contributed by atoms with Crippen molar-refractivity contribution in [2.75, 3.05) is 13.1 Å². The Morgan fingerprint density at radius 1 is 1.13 bits per heavy atom. The number of nitrogens with zero attached hydrogens (tertiary/aromatic N) is 1. The van der Waals surface area contributed by atoms with Crippen LogP contribution >= 0.6 is 0 Å². The number of hydrogen-bond acceptors (Lipinski definition) is 2. The largest absolute Gasteiger partial charge is 0.341 e. The molecule has 1 aromatic carbocycles. The Labute approximate surface area is 140 Å². The van der Waals surface area contributed by atoms with E-state index < -0.39 is 0 Å². The van der Waals surface area contributed by atoms with Gasteiger partial charge in [-0.15, -0.1) is 0 Å². The number of benzene rings is 1. The van der Waals surface area contributed by atoms with E-state index in [4.69, 9.17) is 0 Å². The Morgan fingerprint density at radius 3 is 2.43 bits per heavy atom. The van der Waals surface area contributed by atoms with Crippen LogP contribution in [-0.2, 0) is 4.79 Å². The fourth-order valence-corrected chi connectivity index (χ4v) is 3.61. The normalized spacial score (nSPS) is 26.2. The highest BCUT2D eigenvalue weighted by atomic mass is 16.2. The molecule has 2 atom stereocenters. The third-order valence-corrected chi connectivity index (χ3v) is 4.93. The molecule has 3 nitrogen and oxygen atoms in total. The molecule has 23 heavy (non-hydrogen) atoms. The summed E-state index contributed by atoms with van der Waals surface area (Å²) in [5, 5.41) is 3.58. The summed E-state index contributed by atoms with van der Waals surface area (Å²) in [7, 11) is 0. The summed E-state index contributed by atoms with van der Waals surface area (Å²) in [4.78, 5) is 15.2. The van der Waals surface area contributed by atoms with Gasteiger partial charge in [-0.1, -0.05) is 30.3 Å². The summed E-state index contributed by atoms with van der Waals surface area (Å²) < 4.78 is 0. The molecule has 0 unspecified atom stereocenters. The SMILES string of the molecule is CC(C)(C)N[C@@H]1C[C@@H](c2ccccc2)CCN(CC2CC2)C1=O. The van der Waals surface area contributed by atoms with Crippen molar-refractivity contribution in [2.24, 2.45) is 5.92 Å². The van der Waals surface area contributed by atoms with Crippen LogP contribution in [0.5, 0.6) is 0 Å². The molecule has 3 heteroatoms. The zero-order chi connectivity index (χ0) is 16.4. The lowest BCUT2D eigenvalue weighted by atomic mass is 9.89. The maximum Gasteiger partial charge on any atom is 0.239 e. The molecule has 3 rings (SSSR count). The fraction of sp³-hybridized carbons (Fsp3) is 0.650. The Hall–Kier alpha value is -1.35. The van der Waals surface area contributed by atoms with Gasteiger partial charge in [0.05, 0.1) is 6.04 Å². The van der Waals surface area contributed by atoms with Gasteiger partial charge in [0, 0.05) is 18.6 Å². The summed E-state index contributed by atoms with van der Waals surface area (Å²) in [5.74, 6) is 1.52. The number of amides is 1. The third-order valence-electron chi connectivity index (χ3n) is 4.93. The van der Waals surface area contributed by atoms with Gasteiger partial charge in [0.25, 0.3) is 0 Å². The topological polar surface area (TPSA) is 32.3 Å². The quantitative estimate of drug-likeness (QED) is 0.921. The van der Waals surface area contributed by atoms with Gasteiger partial charge in [0.15, 0.2) is 0 Å². The van der Waals surface area contributed by atoms with Crippen molar-refractivity contribution >= 4 is 5.91 Å². The van der Waals surface area contributed by atoms with Gasteiger partial charge in [-0.25, -0.2) is 0 Å². The van der Waals surface area contributed by atoms with Gasteiger partial charge < -0.3 is 10.2 Å². The summed E-state index contributed by atoms with van der Waals surface area (Å²) in [6, 6.07) is 10.6. The molecule has 1 heterocycles. The van der Waals surface area contributed by atoms with Crippen LogP contribution in [0.4, 0.5) is 0 Å². The first-order valence-electron chi connectivity index (χ1n) is 9.04. The van der Waals surface area contributed by atoms with Gasteiger partial charge in [-0.05, 0) is 63.9 Å². The lowest BCUT2D eigenvalue weighted by molar-refractivity contribution is -0.133. The number of likely N-dealkylation sites (tertiary alicyclic amines) is 1. The summed E-state index contributed by atoms with van der Waals surface area (Å²) >= 11 is 0. The molecule has 1 aliphatic carbocycles. The molecule has 1 amide bonds. The molecule has 1 aliphatic heterocycles. The minimum Gasteiger partial charge on any atom is -0.341 e. The van der Waals surface area contributed by atoms with E-state index in [0.29, 0.717) is 11.8 Å². The average Bonchev–Trinajstić information content (AvgIpc) is 3.32. The highest BCUT2D eigenvalue weighted by Crippen LogP contribution is 2.33. The molecule has 1 N–H and O–H groups in total. The maximum atomic E-state index is 13.0. The number of rotatable bonds is 4. The molecule has 0 aromatic heterocycles. The highest BCUT2D eigenvalue weighted by molar-refractivity contribution is 5.82. The zero-order valence-corrected chi connectivity index (χ0v) is 14.7. The van der Waals surface area contributed by atoms with Crippen molar-refractivity contribution in [3.8, 4) is 0 Å². The Kier molecular flexibility index (Phi) is 4.77. The van der Waals surface area contributed by atoms with E-state index in [-0.39, 0.29) is 11.6 Å². The second-order valence-electron chi connectivity index (χ2n) is 8.31. The number of nitrogens with one attached hydrogen (secondary N) is 1. The third kappa shape index (κ3) is 4.57. The smallest absolute Gasteiger partial charge is 0.239 e. The van der Waals surface area contributed by atoms with E-state index in [2.05, 4.69) is 61.3 Å². The van der Waals surface area contributed by atoms with E-state index in [1.807, 2.05) is 0 Å². The molecule has 0 spiro atoms. The molecule has 2 fully saturated rings. The van der Waals surface area contributed by atoms with Crippen LogP contribution in [0.25, 0.3) is 0 Å². The predicted molar refractivity (Wildman–Crippen MR) is 94.4 cm³/mol. The Bertz CT molecular complexity index is 530. The first-order valence-corrected chi connectivity index (χ1v) is 9.04. The molecular weight excluding hydrogens is 284 g/mol. The Morgan fingerprint density at radius 2 is 1.83 bits per heavy atom. The zero-order valence-electron chi connectivity index (χ0n) is 14.7. The van der Waals surface area contributed by atoms with Crippen molar-refractivity contribution in [1.82, 2.24) is 10.2 Å². The van der Waals surface area contributed by atoms with Crippen LogP contribution in [0.3, 0.4) is 0 Å². The Balaban J connectivity index is 1.78. The van der Waals surface area contributed by atoms with E-state index in [9.17, 15) is 4.79 Å². The van der Waals surface area contributed by atoms with E-state index in [1.54, 1.807) is 0 Å². The van der Waals surface area contributed by atoms with Crippen molar-refractivity contribution in [2.45, 2.75) is 64.0 Å². The predicted octanol–water partition coefficient (Wildman–Crippen LogP) is 3.56. The molecule has 2 aliphatic rings. The van der Waals surface area contributed by atoms with E-state index >= 15 is 0 Å². The number of hydrogen-bond donors (Lipinski definition) is 1. The minimum absolute atomic E-state index is 0.0445. The fourth-order valence-electron chi connectivity index (χ4n) is 3.61. The van der Waals surface area contributed by atoms with Crippen molar-refractivity contribution in [3.63, 3.8) is 0 Å². The lowest BCUT2D eigenvalue weighted by Gasteiger charge is -2.31. The van der Waals surface area contributed by atoms with Crippen LogP contribution in [0.2, 0.25) is 0 Å². The first-order chi connectivity index (χ1) is 10.9. The van der Waals surface area contributed by atoms with Gasteiger partial charge in [0.2, 0.25) is 5.91 Å². The minimum atomic E-state index is -0.0681. The highest BCUT2D eigenvalue weighted by Gasteiger charge is 2.36. The molecular formula is C20H30N2O. The van der Waals surface area contributed by atoms with Crippen LogP contribution in [0, 0.1) is 5.92 Å². The van der Waals surface area contributed by atoms with Crippen LogP contribution < -0.4 is 5.32 Å². The van der Waals surface area contributed by atoms with Crippen LogP contribution in [0.1, 0.15) is 57.9 Å². The van der Waals surface area contributed by atoms with Crippen molar-refractivity contribution < 1.29 is 4.79 Å². The first kappa shape index (κ1) is 16.5. The van der Waals surface area contributed by atoms with Crippen molar-refractivity contribution in [3.05, 3.63) is 35.9 Å². The van der Waals surface area contributed by atoms with Crippen LogP contribution in [-0.4, -0.2) is 35.5 Å². The van der Waals surface area contributed by atoms with E-state index in [1.165, 1.54) is 18.4 Å². The molecule has 1 aromatic rings. The number of carbonyl (C=O) groups is 1. The number of carbonyl (C=O) groups excluding carboxylic acids is 1. The maximum absolute atomic E-state index is 13.0. The second kappa shape index (κ2) is 6.64. The standard InChI is InChI=1S/C20H30N2O/c1-20(2,3)21-18-13-17(16-7-5-4-6-8-16)11-12-22(19(18)23)14-15-9-10-15/h4-8,15,17-18,21H,9-14H2,1-3H3/t17-,18+/m0/s1. The van der Waals surface area contributed by atoms with Gasteiger partial charge in [0.1, 0.15) is 0 Å². The summed E-state index contributed by atoms with van der Waals surface area (Å²) in [6.45, 7) is 8.30. The molecule has 0 bridgehead atoms. The second-order valence-corrected chi connectivity index (χ2v) is 8.31. The molecule has 1 saturated carbocycles. The van der Waals surface area contributed by atoms with Crippen LogP contribution in [0.15, 0.2) is 30.3 Å². The van der Waals surface area contributed by atoms with E-state index in [0.717, 1.165) is 31.8 Å². The van der Waals surface area contributed by atoms with Gasteiger partial charge in [-0.2, -0.15) is 0 Å². The van der Waals surface area contributed by atoms with Gasteiger partial charge in [-0.3, -0.25) is 4.79 Å². The molecule has 0 radical (unpaired) electrons. The molecule has 126 valence electrons. The average molecular weight is 314 g/mol. The monoisotopic (exact) mass is 314 g/mol.